The van der Waals surface area contributed by atoms with Crippen LogP contribution in [0.25, 0.3) is 0 Å². The first-order chi connectivity index (χ1) is 13.0. The van der Waals surface area contributed by atoms with Gasteiger partial charge in [0, 0.05) is 37.6 Å². The number of hydrogen-bond acceptors (Lipinski definition) is 5. The summed E-state index contributed by atoms with van der Waals surface area (Å²) in [5.41, 5.74) is 0. The van der Waals surface area contributed by atoms with Crippen LogP contribution in [0.15, 0.2) is 0 Å². The highest BCUT2D eigenvalue weighted by Crippen LogP contribution is 2.19. The summed E-state index contributed by atoms with van der Waals surface area (Å²) in [5, 5.41) is 2.73. The largest absolute Gasteiger partial charge is 0.346 e. The van der Waals surface area contributed by atoms with Gasteiger partial charge in [0.2, 0.25) is 17.7 Å². The number of hydrogen-bond donors (Lipinski definition) is 1. The van der Waals surface area contributed by atoms with E-state index in [1.54, 1.807) is 6.92 Å². The second kappa shape index (κ2) is 10.9. The summed E-state index contributed by atoms with van der Waals surface area (Å²) in [6.07, 6.45) is 1.63. The number of nitrogens with one attached hydrogen (secondary N) is 1. The Bertz CT molecular complexity index is 620. The fourth-order valence-electron chi connectivity index (χ4n) is 3.15. The SMILES string of the molecule is [2H]C(=O)[C@H](C)CC(=O)[C@@H](NC(=O)CCCCCN1C(=O)CC(C)C1=O)C(C)C. The minimum Gasteiger partial charge on any atom is -0.346 e. The van der Waals surface area contributed by atoms with Crippen molar-refractivity contribution in [3.63, 3.8) is 0 Å². The summed E-state index contributed by atoms with van der Waals surface area (Å²) in [5.74, 6) is -1.76. The van der Waals surface area contributed by atoms with E-state index in [1.165, 1.54) is 11.8 Å². The van der Waals surface area contributed by atoms with Crippen molar-refractivity contribution < 1.29 is 25.3 Å². The molecule has 7 nitrogen and oxygen atoms in total. The van der Waals surface area contributed by atoms with Crippen molar-refractivity contribution in [2.24, 2.45) is 17.8 Å². The highest BCUT2D eigenvalue weighted by Gasteiger charge is 2.34. The molecule has 7 heteroatoms. The Morgan fingerprint density at radius 2 is 1.93 bits per heavy atom. The highest BCUT2D eigenvalue weighted by molar-refractivity contribution is 6.03. The Labute approximate surface area is 162 Å². The first kappa shape index (κ1) is 21.3. The predicted octanol–water partition coefficient (Wildman–Crippen LogP) is 1.88. The topological polar surface area (TPSA) is 101 Å². The van der Waals surface area contributed by atoms with Crippen molar-refractivity contribution >= 4 is 29.8 Å². The van der Waals surface area contributed by atoms with Crippen LogP contribution in [0.3, 0.4) is 0 Å². The van der Waals surface area contributed by atoms with Crippen molar-refractivity contribution in [3.8, 4) is 0 Å². The normalized spacial score (nSPS) is 19.8. The fraction of sp³-hybridized carbons (Fsp3) is 0.750. The van der Waals surface area contributed by atoms with Crippen molar-refractivity contribution in [2.75, 3.05) is 6.54 Å². The molecule has 0 aromatic heterocycles. The molecule has 27 heavy (non-hydrogen) atoms. The van der Waals surface area contributed by atoms with Gasteiger partial charge in [0.25, 0.3) is 0 Å². The number of rotatable bonds is 12. The van der Waals surface area contributed by atoms with Gasteiger partial charge in [-0.3, -0.25) is 24.1 Å². The second-order valence-corrected chi connectivity index (χ2v) is 7.78. The van der Waals surface area contributed by atoms with E-state index in [2.05, 4.69) is 5.32 Å². The number of likely N-dealkylation sites (tertiary alicyclic amines) is 1. The average molecular weight is 381 g/mol. The molecule has 152 valence electrons. The fourth-order valence-corrected chi connectivity index (χ4v) is 3.15. The van der Waals surface area contributed by atoms with E-state index >= 15 is 0 Å². The highest BCUT2D eigenvalue weighted by atomic mass is 16.2. The molecule has 3 amide bonds. The standard InChI is InChI=1S/C20H32N2O5/c1-13(2)19(16(24)10-14(3)12-23)21-17(25)8-6-5-7-9-22-18(26)11-15(4)20(22)27/h12-15,19H,5-11H2,1-4H3,(H,21,25)/t14-,15?,19+/m1/s1/i12D. The zero-order valence-electron chi connectivity index (χ0n) is 17.7. The van der Waals surface area contributed by atoms with E-state index in [4.69, 9.17) is 1.37 Å². The molecule has 1 aliphatic rings. The molecule has 0 aromatic carbocycles. The number of ketones is 1. The van der Waals surface area contributed by atoms with Gasteiger partial charge in [0.05, 0.1) is 6.04 Å². The van der Waals surface area contributed by atoms with Gasteiger partial charge in [0.15, 0.2) is 5.78 Å². The molecule has 1 N–H and O–H groups in total. The lowest BCUT2D eigenvalue weighted by atomic mass is 9.93. The average Bonchev–Trinajstić information content (AvgIpc) is 2.84. The molecule has 3 atom stereocenters. The van der Waals surface area contributed by atoms with Crippen LogP contribution < -0.4 is 5.32 Å². The number of carbonyl (C=O) groups excluding carboxylic acids is 5. The van der Waals surface area contributed by atoms with Crippen LogP contribution in [0.1, 0.15) is 67.6 Å². The van der Waals surface area contributed by atoms with Crippen LogP contribution in [0.4, 0.5) is 0 Å². The number of nitrogens with zero attached hydrogens (tertiary/aromatic N) is 1. The first-order valence-corrected chi connectivity index (χ1v) is 9.71. The molecule has 0 aromatic rings. The Morgan fingerprint density at radius 1 is 1.26 bits per heavy atom. The third-order valence-corrected chi connectivity index (χ3v) is 4.79. The van der Waals surface area contributed by atoms with Crippen molar-refractivity contribution in [3.05, 3.63) is 0 Å². The number of aldehydes is 1. The second-order valence-electron chi connectivity index (χ2n) is 7.78. The van der Waals surface area contributed by atoms with Crippen LogP contribution in [-0.4, -0.2) is 47.3 Å². The molecule has 0 radical (unpaired) electrons. The van der Waals surface area contributed by atoms with Crippen LogP contribution in [0, 0.1) is 17.8 Å². The Hall–Kier alpha value is -2.05. The zero-order valence-corrected chi connectivity index (χ0v) is 16.7. The molecule has 1 unspecified atom stereocenters. The molecule has 0 saturated carbocycles. The maximum atomic E-state index is 12.3. The quantitative estimate of drug-likeness (QED) is 0.316. The molecule has 1 aliphatic heterocycles. The molecule has 0 bridgehead atoms. The van der Waals surface area contributed by atoms with Crippen molar-refractivity contribution in [1.29, 1.82) is 0 Å². The molecule has 0 spiro atoms. The zero-order chi connectivity index (χ0) is 21.4. The number of imide groups is 1. The van der Waals surface area contributed by atoms with Gasteiger partial charge in [-0.15, -0.1) is 0 Å². The summed E-state index contributed by atoms with van der Waals surface area (Å²) in [6.45, 7) is 7.30. The minimum absolute atomic E-state index is 0.0538. The summed E-state index contributed by atoms with van der Waals surface area (Å²) in [4.78, 5) is 60.4. The molecule has 1 saturated heterocycles. The maximum absolute atomic E-state index is 12.3. The molecule has 1 fully saturated rings. The van der Waals surface area contributed by atoms with Crippen LogP contribution in [-0.2, 0) is 24.0 Å². The van der Waals surface area contributed by atoms with E-state index in [0.29, 0.717) is 25.8 Å². The summed E-state index contributed by atoms with van der Waals surface area (Å²) in [6, 6.07) is -0.671. The molecule has 1 rings (SSSR count). The van der Waals surface area contributed by atoms with Gasteiger partial charge in [-0.05, 0) is 18.8 Å². The number of amides is 3. The smallest absolute Gasteiger partial charge is 0.232 e. The lowest BCUT2D eigenvalue weighted by molar-refractivity contribution is -0.139. The van der Waals surface area contributed by atoms with Gasteiger partial charge >= 0.3 is 0 Å². The Balaban J connectivity index is 2.35. The number of unbranched alkanes of at least 4 members (excludes halogenated alkanes) is 2. The molecular formula is C20H32N2O5. The van der Waals surface area contributed by atoms with E-state index < -0.39 is 18.2 Å². The maximum Gasteiger partial charge on any atom is 0.232 e. The third-order valence-electron chi connectivity index (χ3n) is 4.79. The van der Waals surface area contributed by atoms with Gasteiger partial charge in [0.1, 0.15) is 7.63 Å². The van der Waals surface area contributed by atoms with E-state index in [9.17, 15) is 24.0 Å². The van der Waals surface area contributed by atoms with Gasteiger partial charge in [-0.25, -0.2) is 0 Å². The first-order valence-electron chi connectivity index (χ1n) is 10.2. The Kier molecular flexibility index (Phi) is 8.61. The summed E-state index contributed by atoms with van der Waals surface area (Å²) < 4.78 is 7.07. The minimum atomic E-state index is -0.786. The lowest BCUT2D eigenvalue weighted by Gasteiger charge is -2.22. The predicted molar refractivity (Wildman–Crippen MR) is 101 cm³/mol. The monoisotopic (exact) mass is 381 g/mol. The van der Waals surface area contributed by atoms with Gasteiger partial charge < -0.3 is 10.1 Å². The van der Waals surface area contributed by atoms with Crippen LogP contribution in [0.2, 0.25) is 0 Å². The third kappa shape index (κ3) is 7.23. The van der Waals surface area contributed by atoms with E-state index in [0.717, 1.165) is 0 Å². The summed E-state index contributed by atoms with van der Waals surface area (Å²) >= 11 is 0. The van der Waals surface area contributed by atoms with Gasteiger partial charge in [-0.2, -0.15) is 0 Å². The van der Waals surface area contributed by atoms with Crippen molar-refractivity contribution in [1.82, 2.24) is 10.2 Å². The number of carbonyl (C=O) groups is 5. The molecule has 0 aliphatic carbocycles. The molecular weight excluding hydrogens is 348 g/mol. The van der Waals surface area contributed by atoms with E-state index in [1.807, 2.05) is 13.8 Å². The Morgan fingerprint density at radius 3 is 2.44 bits per heavy atom. The summed E-state index contributed by atoms with van der Waals surface area (Å²) in [7, 11) is 0. The van der Waals surface area contributed by atoms with E-state index in [-0.39, 0.29) is 54.6 Å². The van der Waals surface area contributed by atoms with Crippen LogP contribution >= 0.6 is 0 Å². The molecule has 1 heterocycles. The van der Waals surface area contributed by atoms with Crippen molar-refractivity contribution in [2.45, 2.75) is 72.3 Å². The van der Waals surface area contributed by atoms with Crippen LogP contribution in [0.5, 0.6) is 0 Å². The number of Topliss-reactive ketones (excluding diaryl/α,β-unsaturated/α-hetero) is 1. The van der Waals surface area contributed by atoms with Gasteiger partial charge in [-0.1, -0.05) is 34.1 Å². The lowest BCUT2D eigenvalue weighted by Crippen LogP contribution is -2.44.